The Balaban J connectivity index is 1.72. The third-order valence-corrected chi connectivity index (χ3v) is 6.54. The third kappa shape index (κ3) is 3.00. The molecule has 0 aliphatic heterocycles. The Morgan fingerprint density at radius 2 is 1.57 bits per heavy atom. The maximum atomic E-state index is 13.3. The van der Waals surface area contributed by atoms with Crippen LogP contribution in [0.3, 0.4) is 0 Å². The van der Waals surface area contributed by atoms with Crippen LogP contribution in [-0.2, 0) is 0 Å². The van der Waals surface area contributed by atoms with Gasteiger partial charge in [-0.25, -0.2) is 9.97 Å². The number of aromatic nitrogens is 3. The molecule has 0 amide bonds. The van der Waals surface area contributed by atoms with E-state index in [1.807, 2.05) is 73.7 Å². The molecule has 0 fully saturated rings. The van der Waals surface area contributed by atoms with Crippen LogP contribution in [0.4, 0.5) is 0 Å². The zero-order valence-electron chi connectivity index (χ0n) is 15.0. The van der Waals surface area contributed by atoms with E-state index >= 15 is 0 Å². The smallest absolute Gasteiger partial charge is 0.266 e. The topological polar surface area (TPSA) is 47.8 Å². The first-order chi connectivity index (χ1) is 13.7. The number of hydrogen-bond donors (Lipinski definition) is 0. The van der Waals surface area contributed by atoms with Gasteiger partial charge in [0.15, 0.2) is 9.50 Å². The van der Waals surface area contributed by atoms with Crippen molar-refractivity contribution in [2.24, 2.45) is 0 Å². The van der Waals surface area contributed by atoms with E-state index in [2.05, 4.69) is 6.07 Å². The van der Waals surface area contributed by atoms with Crippen molar-refractivity contribution in [3.8, 4) is 5.69 Å². The average Bonchev–Trinajstić information content (AvgIpc) is 3.12. The Kier molecular flexibility index (Phi) is 4.22. The minimum absolute atomic E-state index is 0.0712. The Morgan fingerprint density at radius 1 is 0.857 bits per heavy atom. The first-order valence-electron chi connectivity index (χ1n) is 8.81. The first-order valence-corrected chi connectivity index (χ1v) is 10.4. The zero-order chi connectivity index (χ0) is 19.1. The van der Waals surface area contributed by atoms with Crippen molar-refractivity contribution in [2.45, 2.75) is 16.4 Å². The normalized spacial score (nSPS) is 11.3. The van der Waals surface area contributed by atoms with Crippen molar-refractivity contribution < 1.29 is 0 Å². The van der Waals surface area contributed by atoms with Crippen LogP contribution in [0.1, 0.15) is 5.56 Å². The van der Waals surface area contributed by atoms with Crippen LogP contribution in [0, 0.1) is 6.92 Å². The fourth-order valence-electron chi connectivity index (χ4n) is 3.08. The maximum Gasteiger partial charge on any atom is 0.266 e. The average molecular weight is 402 g/mol. The lowest BCUT2D eigenvalue weighted by atomic mass is 10.2. The summed E-state index contributed by atoms with van der Waals surface area (Å²) in [6, 6.07) is 23.4. The van der Waals surface area contributed by atoms with Crippen LogP contribution in [0.5, 0.6) is 0 Å². The highest BCUT2D eigenvalue weighted by Crippen LogP contribution is 2.34. The predicted octanol–water partition coefficient (Wildman–Crippen LogP) is 5.46. The summed E-state index contributed by atoms with van der Waals surface area (Å²) in [6.45, 7) is 2.03. The largest absolute Gasteiger partial charge is 0.268 e. The SMILES string of the molecule is Cc1ccc(-n2c(Sc3nc4ccccc4s3)nc3ccccc3c2=O)cc1. The molecule has 2 aromatic heterocycles. The van der Waals surface area contributed by atoms with Crippen LogP contribution >= 0.6 is 23.1 Å². The molecule has 0 saturated heterocycles. The highest BCUT2D eigenvalue weighted by molar-refractivity contribution is 8.01. The van der Waals surface area contributed by atoms with E-state index in [1.54, 1.807) is 15.9 Å². The molecule has 0 spiro atoms. The summed E-state index contributed by atoms with van der Waals surface area (Å²) in [5, 5.41) is 1.23. The van der Waals surface area contributed by atoms with Gasteiger partial charge in [-0.1, -0.05) is 42.0 Å². The zero-order valence-corrected chi connectivity index (χ0v) is 16.6. The Hall–Kier alpha value is -2.96. The lowest BCUT2D eigenvalue weighted by Gasteiger charge is -2.12. The van der Waals surface area contributed by atoms with Crippen molar-refractivity contribution in [2.75, 3.05) is 0 Å². The van der Waals surface area contributed by atoms with Gasteiger partial charge >= 0.3 is 0 Å². The number of benzene rings is 3. The van der Waals surface area contributed by atoms with Gasteiger partial charge < -0.3 is 0 Å². The second kappa shape index (κ2) is 6.89. The lowest BCUT2D eigenvalue weighted by Crippen LogP contribution is -2.21. The molecule has 136 valence electrons. The molecule has 0 saturated carbocycles. The number of para-hydroxylation sites is 2. The van der Waals surface area contributed by atoms with Crippen molar-refractivity contribution in [1.82, 2.24) is 14.5 Å². The van der Waals surface area contributed by atoms with Gasteiger partial charge in [-0.05, 0) is 55.1 Å². The number of nitrogens with zero attached hydrogens (tertiary/aromatic N) is 3. The van der Waals surface area contributed by atoms with Crippen LogP contribution in [-0.4, -0.2) is 14.5 Å². The Bertz CT molecular complexity index is 1340. The van der Waals surface area contributed by atoms with Gasteiger partial charge in [0.05, 0.1) is 26.8 Å². The summed E-state index contributed by atoms with van der Waals surface area (Å²) in [6.07, 6.45) is 0. The summed E-state index contributed by atoms with van der Waals surface area (Å²) in [7, 11) is 0. The molecule has 2 heterocycles. The number of rotatable bonds is 3. The molecule has 0 unspecified atom stereocenters. The van der Waals surface area contributed by atoms with Gasteiger partial charge in [-0.15, -0.1) is 11.3 Å². The van der Waals surface area contributed by atoms with Crippen LogP contribution in [0.15, 0.2) is 87.1 Å². The molecular weight excluding hydrogens is 386 g/mol. The fraction of sp³-hybridized carbons (Fsp3) is 0.0455. The quantitative estimate of drug-likeness (QED) is 0.377. The monoisotopic (exact) mass is 401 g/mol. The minimum Gasteiger partial charge on any atom is -0.268 e. The molecule has 0 atom stereocenters. The number of hydrogen-bond acceptors (Lipinski definition) is 5. The van der Waals surface area contributed by atoms with E-state index in [4.69, 9.17) is 9.97 Å². The van der Waals surface area contributed by atoms with Crippen molar-refractivity contribution in [1.29, 1.82) is 0 Å². The minimum atomic E-state index is -0.0712. The molecule has 5 aromatic rings. The molecule has 6 heteroatoms. The highest BCUT2D eigenvalue weighted by atomic mass is 32.2. The molecule has 0 aliphatic carbocycles. The molecule has 5 rings (SSSR count). The summed E-state index contributed by atoms with van der Waals surface area (Å²) >= 11 is 3.03. The lowest BCUT2D eigenvalue weighted by molar-refractivity contribution is 0.819. The summed E-state index contributed by atoms with van der Waals surface area (Å²) < 4.78 is 3.66. The van der Waals surface area contributed by atoms with Crippen molar-refractivity contribution in [3.63, 3.8) is 0 Å². The molecule has 0 bridgehead atoms. The molecule has 4 nitrogen and oxygen atoms in total. The Labute approximate surface area is 169 Å². The molecule has 0 aliphatic rings. The molecule has 0 radical (unpaired) electrons. The second-order valence-corrected chi connectivity index (χ2v) is 8.68. The summed E-state index contributed by atoms with van der Waals surface area (Å²) in [4.78, 5) is 22.8. The number of thiazole rings is 1. The second-order valence-electron chi connectivity index (χ2n) is 6.44. The standard InChI is InChI=1S/C22H15N3OS2/c1-14-10-12-15(13-11-14)25-20(26)16-6-2-3-7-17(16)23-21(25)28-22-24-18-8-4-5-9-19(18)27-22/h2-13H,1H3. The molecule has 3 aromatic carbocycles. The molecule has 0 N–H and O–H groups in total. The van der Waals surface area contributed by atoms with E-state index < -0.39 is 0 Å². The number of fused-ring (bicyclic) bond motifs is 2. The predicted molar refractivity (Wildman–Crippen MR) is 116 cm³/mol. The molecular formula is C22H15N3OS2. The summed E-state index contributed by atoms with van der Waals surface area (Å²) in [5.74, 6) is 0. The van der Waals surface area contributed by atoms with Gasteiger partial charge in [-0.3, -0.25) is 9.36 Å². The van der Waals surface area contributed by atoms with E-state index in [9.17, 15) is 4.79 Å². The maximum absolute atomic E-state index is 13.3. The Morgan fingerprint density at radius 3 is 2.36 bits per heavy atom. The number of aryl methyl sites for hydroxylation is 1. The summed E-state index contributed by atoms with van der Waals surface area (Å²) in [5.41, 5.74) is 3.53. The highest BCUT2D eigenvalue weighted by Gasteiger charge is 2.16. The van der Waals surface area contributed by atoms with E-state index in [0.717, 1.165) is 25.8 Å². The van der Waals surface area contributed by atoms with Gasteiger partial charge in [-0.2, -0.15) is 0 Å². The van der Waals surface area contributed by atoms with Gasteiger partial charge in [0.1, 0.15) is 0 Å². The molecule has 28 heavy (non-hydrogen) atoms. The van der Waals surface area contributed by atoms with Gasteiger partial charge in [0.25, 0.3) is 5.56 Å². The van der Waals surface area contributed by atoms with E-state index in [1.165, 1.54) is 11.8 Å². The van der Waals surface area contributed by atoms with E-state index in [0.29, 0.717) is 16.1 Å². The van der Waals surface area contributed by atoms with Crippen LogP contribution in [0.2, 0.25) is 0 Å². The van der Waals surface area contributed by atoms with Crippen molar-refractivity contribution >= 4 is 44.2 Å². The van der Waals surface area contributed by atoms with Gasteiger partial charge in [0.2, 0.25) is 0 Å². The van der Waals surface area contributed by atoms with Crippen molar-refractivity contribution in [3.05, 3.63) is 88.7 Å². The van der Waals surface area contributed by atoms with E-state index in [-0.39, 0.29) is 5.56 Å². The van der Waals surface area contributed by atoms with Crippen LogP contribution in [0.25, 0.3) is 26.8 Å². The van der Waals surface area contributed by atoms with Crippen LogP contribution < -0.4 is 5.56 Å². The third-order valence-electron chi connectivity index (χ3n) is 4.49. The first kappa shape index (κ1) is 17.2. The fourth-order valence-corrected chi connectivity index (χ4v) is 5.16. The van der Waals surface area contributed by atoms with Gasteiger partial charge in [0, 0.05) is 0 Å².